The number of halogens is 2. The highest BCUT2D eigenvalue weighted by atomic mass is 35.5. The second kappa shape index (κ2) is 8.45. The first-order valence-corrected chi connectivity index (χ1v) is 9.46. The topological polar surface area (TPSA) is 91.9 Å². The molecule has 0 atom stereocenters. The quantitative estimate of drug-likeness (QED) is 0.393. The minimum absolute atomic E-state index is 0.0194. The van der Waals surface area contributed by atoms with Gasteiger partial charge in [0, 0.05) is 5.75 Å². The number of ether oxygens (including phenoxy) is 1. The number of aromatic nitrogens is 3. The summed E-state index contributed by atoms with van der Waals surface area (Å²) >= 11 is 7.42. The Morgan fingerprint density at radius 1 is 1.44 bits per heavy atom. The molecular weight excluding hydrogens is 393 g/mol. The lowest BCUT2D eigenvalue weighted by atomic mass is 10.1. The van der Waals surface area contributed by atoms with Crippen molar-refractivity contribution in [1.29, 1.82) is 0 Å². The standard InChI is InChI=1S/C17H17ClFN5O2S/c1-3-6-27-24-12-5-4-11(18)13(14(12)19)16(25)21-9-7-10-15(20-8-9)22-23-17(10)26-2/h4-5,7-8,24H,3,6H2,1-2H3,(H,21,25)(H,20,22,23). The third-order valence-electron chi connectivity index (χ3n) is 3.64. The number of benzene rings is 1. The number of fused-ring (bicyclic) bond motifs is 1. The van der Waals surface area contributed by atoms with E-state index in [1.54, 1.807) is 6.07 Å². The summed E-state index contributed by atoms with van der Waals surface area (Å²) in [5.41, 5.74) is 0.834. The van der Waals surface area contributed by atoms with E-state index in [9.17, 15) is 9.18 Å². The number of carbonyl (C=O) groups is 1. The predicted octanol–water partition coefficient (Wildman–Crippen LogP) is 4.48. The molecule has 0 spiro atoms. The lowest BCUT2D eigenvalue weighted by Gasteiger charge is -2.12. The SMILES string of the molecule is CCCSNc1ccc(Cl)c(C(=O)Nc2cnc3[nH]nc(OC)c3c2)c1F. The van der Waals surface area contributed by atoms with Crippen molar-refractivity contribution in [2.45, 2.75) is 13.3 Å². The lowest BCUT2D eigenvalue weighted by Crippen LogP contribution is -2.15. The van der Waals surface area contributed by atoms with Crippen molar-refractivity contribution in [3.8, 4) is 5.88 Å². The van der Waals surface area contributed by atoms with E-state index in [0.29, 0.717) is 22.6 Å². The van der Waals surface area contributed by atoms with Crippen molar-refractivity contribution < 1.29 is 13.9 Å². The third-order valence-corrected chi connectivity index (χ3v) is 4.93. The van der Waals surface area contributed by atoms with E-state index in [4.69, 9.17) is 16.3 Å². The average molecular weight is 410 g/mol. The van der Waals surface area contributed by atoms with Gasteiger partial charge in [-0.3, -0.25) is 9.89 Å². The van der Waals surface area contributed by atoms with Crippen molar-refractivity contribution >= 4 is 51.9 Å². The van der Waals surface area contributed by atoms with Crippen LogP contribution >= 0.6 is 23.5 Å². The molecule has 0 aliphatic rings. The highest BCUT2D eigenvalue weighted by molar-refractivity contribution is 8.00. The molecule has 10 heteroatoms. The zero-order valence-corrected chi connectivity index (χ0v) is 16.2. The van der Waals surface area contributed by atoms with Gasteiger partial charge in [0.25, 0.3) is 5.91 Å². The first-order chi connectivity index (χ1) is 13.0. The molecule has 0 aliphatic heterocycles. The van der Waals surface area contributed by atoms with Gasteiger partial charge in [0.05, 0.1) is 40.7 Å². The zero-order valence-electron chi connectivity index (χ0n) is 14.6. The van der Waals surface area contributed by atoms with Crippen LogP contribution in [0.2, 0.25) is 5.02 Å². The maximum absolute atomic E-state index is 14.8. The molecule has 0 aliphatic carbocycles. The number of methoxy groups -OCH3 is 1. The predicted molar refractivity (Wildman–Crippen MR) is 106 cm³/mol. The Balaban J connectivity index is 1.86. The molecule has 0 bridgehead atoms. The van der Waals surface area contributed by atoms with Gasteiger partial charge in [0.15, 0.2) is 11.5 Å². The number of nitrogens with one attached hydrogen (secondary N) is 3. The fourth-order valence-corrected chi connectivity index (χ4v) is 3.22. The number of hydrogen-bond acceptors (Lipinski definition) is 6. The van der Waals surface area contributed by atoms with Gasteiger partial charge >= 0.3 is 0 Å². The summed E-state index contributed by atoms with van der Waals surface area (Å²) in [5.74, 6) is -0.234. The molecule has 142 valence electrons. The van der Waals surface area contributed by atoms with Crippen LogP contribution in [0.1, 0.15) is 23.7 Å². The number of anilines is 2. The maximum Gasteiger partial charge on any atom is 0.260 e. The van der Waals surface area contributed by atoms with Crippen molar-refractivity contribution in [1.82, 2.24) is 15.2 Å². The summed E-state index contributed by atoms with van der Waals surface area (Å²) in [5, 5.41) is 9.88. The van der Waals surface area contributed by atoms with Crippen molar-refractivity contribution in [2.24, 2.45) is 0 Å². The van der Waals surface area contributed by atoms with Crippen LogP contribution in [0.5, 0.6) is 5.88 Å². The summed E-state index contributed by atoms with van der Waals surface area (Å²) in [6.07, 6.45) is 2.37. The number of pyridine rings is 1. The Morgan fingerprint density at radius 3 is 3.00 bits per heavy atom. The van der Waals surface area contributed by atoms with Crippen LogP contribution in [-0.4, -0.2) is 34.0 Å². The monoisotopic (exact) mass is 409 g/mol. The number of aromatic amines is 1. The summed E-state index contributed by atoms with van der Waals surface area (Å²) in [7, 11) is 1.48. The van der Waals surface area contributed by atoms with Crippen molar-refractivity contribution in [3.63, 3.8) is 0 Å². The molecule has 3 rings (SSSR count). The first kappa shape index (κ1) is 19.2. The Bertz CT molecular complexity index is 981. The fourth-order valence-electron chi connectivity index (χ4n) is 2.37. The normalized spacial score (nSPS) is 10.8. The van der Waals surface area contributed by atoms with Gasteiger partial charge in [-0.1, -0.05) is 30.5 Å². The summed E-state index contributed by atoms with van der Waals surface area (Å²) in [6, 6.07) is 4.61. The Kier molecular flexibility index (Phi) is 6.02. The zero-order chi connectivity index (χ0) is 19.4. The highest BCUT2D eigenvalue weighted by Crippen LogP contribution is 2.29. The molecule has 2 heterocycles. The molecule has 0 radical (unpaired) electrons. The van der Waals surface area contributed by atoms with E-state index < -0.39 is 11.7 Å². The van der Waals surface area contributed by atoms with Crippen LogP contribution in [-0.2, 0) is 0 Å². The molecule has 0 saturated carbocycles. The minimum Gasteiger partial charge on any atom is -0.479 e. The molecule has 3 N–H and O–H groups in total. The smallest absolute Gasteiger partial charge is 0.260 e. The molecule has 1 aromatic carbocycles. The van der Waals surface area contributed by atoms with Gasteiger partial charge in [-0.15, -0.1) is 5.10 Å². The molecule has 0 unspecified atom stereocenters. The van der Waals surface area contributed by atoms with Crippen molar-refractivity contribution in [3.05, 3.63) is 40.8 Å². The molecule has 27 heavy (non-hydrogen) atoms. The van der Waals surface area contributed by atoms with Crippen LogP contribution in [0.3, 0.4) is 0 Å². The van der Waals surface area contributed by atoms with Crippen LogP contribution in [0.25, 0.3) is 11.0 Å². The van der Waals surface area contributed by atoms with Gasteiger partial charge < -0.3 is 14.8 Å². The number of carbonyl (C=O) groups excluding carboxylic acids is 1. The van der Waals surface area contributed by atoms with Gasteiger partial charge in [0.1, 0.15) is 0 Å². The molecule has 7 nitrogen and oxygen atoms in total. The number of H-pyrrole nitrogens is 1. The van der Waals surface area contributed by atoms with E-state index >= 15 is 0 Å². The van der Waals surface area contributed by atoms with Crippen LogP contribution in [0.4, 0.5) is 15.8 Å². The molecule has 1 amide bonds. The average Bonchev–Trinajstić information content (AvgIpc) is 3.06. The van der Waals surface area contributed by atoms with Crippen LogP contribution in [0, 0.1) is 5.82 Å². The van der Waals surface area contributed by atoms with E-state index in [-0.39, 0.29) is 16.3 Å². The van der Waals surface area contributed by atoms with Crippen molar-refractivity contribution in [2.75, 3.05) is 22.9 Å². The largest absolute Gasteiger partial charge is 0.479 e. The molecular formula is C17H17ClFN5O2S. The van der Waals surface area contributed by atoms with Gasteiger partial charge in [0.2, 0.25) is 5.88 Å². The van der Waals surface area contributed by atoms with E-state index in [0.717, 1.165) is 12.2 Å². The molecule has 3 aromatic rings. The van der Waals surface area contributed by atoms with Crippen LogP contribution < -0.4 is 14.8 Å². The number of amides is 1. The van der Waals surface area contributed by atoms with E-state index in [2.05, 4.69) is 25.2 Å². The first-order valence-electron chi connectivity index (χ1n) is 8.10. The van der Waals surface area contributed by atoms with Gasteiger partial charge in [-0.2, -0.15) is 0 Å². The van der Waals surface area contributed by atoms with Crippen LogP contribution in [0.15, 0.2) is 24.4 Å². The molecule has 2 aromatic heterocycles. The molecule has 0 saturated heterocycles. The molecule has 0 fully saturated rings. The second-order valence-corrected chi connectivity index (χ2v) is 6.85. The second-order valence-electron chi connectivity index (χ2n) is 5.54. The highest BCUT2D eigenvalue weighted by Gasteiger charge is 2.20. The van der Waals surface area contributed by atoms with E-state index in [1.807, 2.05) is 6.92 Å². The summed E-state index contributed by atoms with van der Waals surface area (Å²) in [4.78, 5) is 16.8. The lowest BCUT2D eigenvalue weighted by molar-refractivity contribution is 0.102. The van der Waals surface area contributed by atoms with E-state index in [1.165, 1.54) is 37.4 Å². The maximum atomic E-state index is 14.8. The van der Waals surface area contributed by atoms with Gasteiger partial charge in [-0.25, -0.2) is 9.37 Å². The third kappa shape index (κ3) is 4.09. The Labute approximate surface area is 164 Å². The summed E-state index contributed by atoms with van der Waals surface area (Å²) < 4.78 is 22.8. The minimum atomic E-state index is -0.710. The number of rotatable bonds is 7. The summed E-state index contributed by atoms with van der Waals surface area (Å²) in [6.45, 7) is 2.02. The van der Waals surface area contributed by atoms with Gasteiger partial charge in [-0.05, 0) is 24.6 Å². The Morgan fingerprint density at radius 2 is 2.26 bits per heavy atom. The fraction of sp³-hybridized carbons (Fsp3) is 0.235. The number of hydrogen-bond donors (Lipinski definition) is 3. The number of nitrogens with zero attached hydrogens (tertiary/aromatic N) is 2. The Hall–Kier alpha value is -2.52.